The van der Waals surface area contributed by atoms with E-state index in [1.807, 2.05) is 24.4 Å². The van der Waals surface area contributed by atoms with E-state index in [1.165, 1.54) is 0 Å². The average molecular weight is 307 g/mol. The zero-order valence-electron chi connectivity index (χ0n) is 11.8. The van der Waals surface area contributed by atoms with Gasteiger partial charge in [0, 0.05) is 28.7 Å². The molecule has 21 heavy (non-hydrogen) atoms. The molecule has 0 saturated heterocycles. The highest BCUT2D eigenvalue weighted by molar-refractivity contribution is 6.31. The Bertz CT molecular complexity index is 659. The zero-order chi connectivity index (χ0) is 14.9. The molecule has 2 aromatic rings. The molecule has 1 heterocycles. The molecular formula is C16H19ClN2O2. The molecule has 0 bridgehead atoms. The maximum Gasteiger partial charge on any atom is 0.224 e. The third-order valence-corrected chi connectivity index (χ3v) is 4.46. The van der Waals surface area contributed by atoms with Crippen LogP contribution in [-0.4, -0.2) is 28.1 Å². The van der Waals surface area contributed by atoms with E-state index in [2.05, 4.69) is 10.3 Å². The van der Waals surface area contributed by atoms with Crippen molar-refractivity contribution in [3.05, 3.63) is 35.0 Å². The van der Waals surface area contributed by atoms with Crippen LogP contribution in [0.4, 0.5) is 0 Å². The Labute approximate surface area is 128 Å². The van der Waals surface area contributed by atoms with Crippen LogP contribution >= 0.6 is 11.6 Å². The molecule has 1 aliphatic carbocycles. The number of rotatable bonds is 4. The molecule has 0 spiro atoms. The van der Waals surface area contributed by atoms with Crippen LogP contribution in [0.2, 0.25) is 5.02 Å². The van der Waals surface area contributed by atoms with E-state index in [-0.39, 0.29) is 5.91 Å². The summed E-state index contributed by atoms with van der Waals surface area (Å²) in [5, 5.41) is 14.8. The minimum atomic E-state index is -0.705. The first-order chi connectivity index (χ1) is 10.1. The van der Waals surface area contributed by atoms with Gasteiger partial charge < -0.3 is 15.4 Å². The predicted octanol–water partition coefficient (Wildman–Crippen LogP) is 2.79. The van der Waals surface area contributed by atoms with Gasteiger partial charge in [-0.25, -0.2) is 0 Å². The van der Waals surface area contributed by atoms with Crippen LogP contribution in [0.15, 0.2) is 24.4 Å². The van der Waals surface area contributed by atoms with Crippen LogP contribution in [0.1, 0.15) is 31.2 Å². The number of carbonyl (C=O) groups excluding carboxylic acids is 1. The summed E-state index contributed by atoms with van der Waals surface area (Å²) in [4.78, 5) is 15.2. The molecule has 1 amide bonds. The van der Waals surface area contributed by atoms with Crippen LogP contribution in [0.5, 0.6) is 0 Å². The number of nitrogens with one attached hydrogen (secondary N) is 2. The SMILES string of the molecule is O=C(Cc1c[nH]c2cc(Cl)ccc12)NCC1(O)CCCC1. The molecule has 1 aromatic heterocycles. The van der Waals surface area contributed by atoms with Gasteiger partial charge in [-0.05, 0) is 30.5 Å². The molecule has 112 valence electrons. The van der Waals surface area contributed by atoms with Gasteiger partial charge in [0.2, 0.25) is 5.91 Å². The number of aromatic nitrogens is 1. The molecule has 3 N–H and O–H groups in total. The van der Waals surface area contributed by atoms with Gasteiger partial charge in [0.15, 0.2) is 0 Å². The van der Waals surface area contributed by atoms with Gasteiger partial charge in [-0.1, -0.05) is 30.5 Å². The van der Waals surface area contributed by atoms with Crippen molar-refractivity contribution in [1.82, 2.24) is 10.3 Å². The number of H-pyrrole nitrogens is 1. The number of carbonyl (C=O) groups is 1. The number of aromatic amines is 1. The van der Waals surface area contributed by atoms with Crippen molar-refractivity contribution >= 4 is 28.4 Å². The number of benzene rings is 1. The minimum absolute atomic E-state index is 0.0637. The molecular weight excluding hydrogens is 288 g/mol. The van der Waals surface area contributed by atoms with Gasteiger partial charge >= 0.3 is 0 Å². The number of halogens is 1. The Morgan fingerprint density at radius 2 is 2.14 bits per heavy atom. The molecule has 0 unspecified atom stereocenters. The second-order valence-corrected chi connectivity index (χ2v) is 6.33. The molecule has 0 atom stereocenters. The smallest absolute Gasteiger partial charge is 0.224 e. The molecule has 3 rings (SSSR count). The first kappa shape index (κ1) is 14.4. The molecule has 0 radical (unpaired) electrons. The Balaban J connectivity index is 1.63. The van der Waals surface area contributed by atoms with E-state index >= 15 is 0 Å². The van der Waals surface area contributed by atoms with Crippen molar-refractivity contribution in [1.29, 1.82) is 0 Å². The van der Waals surface area contributed by atoms with Crippen molar-refractivity contribution in [2.24, 2.45) is 0 Å². The predicted molar refractivity (Wildman–Crippen MR) is 83.4 cm³/mol. The van der Waals surface area contributed by atoms with Crippen LogP contribution in [-0.2, 0) is 11.2 Å². The summed E-state index contributed by atoms with van der Waals surface area (Å²) in [6.07, 6.45) is 5.77. The molecule has 0 aliphatic heterocycles. The monoisotopic (exact) mass is 306 g/mol. The summed E-state index contributed by atoms with van der Waals surface area (Å²) < 4.78 is 0. The van der Waals surface area contributed by atoms with Crippen LogP contribution in [0.3, 0.4) is 0 Å². The zero-order valence-corrected chi connectivity index (χ0v) is 12.5. The lowest BCUT2D eigenvalue weighted by Gasteiger charge is -2.22. The summed E-state index contributed by atoms with van der Waals surface area (Å²) >= 11 is 5.94. The highest BCUT2D eigenvalue weighted by atomic mass is 35.5. The van der Waals surface area contributed by atoms with Crippen molar-refractivity contribution < 1.29 is 9.90 Å². The lowest BCUT2D eigenvalue weighted by Crippen LogP contribution is -2.41. The van der Waals surface area contributed by atoms with Crippen molar-refractivity contribution in [2.45, 2.75) is 37.7 Å². The Hall–Kier alpha value is -1.52. The number of aliphatic hydroxyl groups is 1. The van der Waals surface area contributed by atoms with Crippen LogP contribution < -0.4 is 5.32 Å². The number of hydrogen-bond donors (Lipinski definition) is 3. The maximum atomic E-state index is 12.1. The molecule has 5 heteroatoms. The molecule has 1 aromatic carbocycles. The Kier molecular flexibility index (Phi) is 3.91. The summed E-state index contributed by atoms with van der Waals surface area (Å²) in [5.41, 5.74) is 1.17. The summed E-state index contributed by atoms with van der Waals surface area (Å²) in [6, 6.07) is 5.58. The number of amides is 1. The third-order valence-electron chi connectivity index (χ3n) is 4.23. The van der Waals surface area contributed by atoms with E-state index in [0.717, 1.165) is 42.1 Å². The van der Waals surface area contributed by atoms with Gasteiger partial charge in [-0.2, -0.15) is 0 Å². The van der Waals surface area contributed by atoms with Gasteiger partial charge in [-0.3, -0.25) is 4.79 Å². The summed E-state index contributed by atoms with van der Waals surface area (Å²) in [5.74, 6) is -0.0637. The van der Waals surface area contributed by atoms with Crippen LogP contribution in [0, 0.1) is 0 Å². The third kappa shape index (κ3) is 3.22. The van der Waals surface area contributed by atoms with Gasteiger partial charge in [0.1, 0.15) is 0 Å². The Morgan fingerprint density at radius 3 is 2.90 bits per heavy atom. The van der Waals surface area contributed by atoms with Crippen molar-refractivity contribution in [3.63, 3.8) is 0 Å². The van der Waals surface area contributed by atoms with E-state index in [4.69, 9.17) is 11.6 Å². The fourth-order valence-corrected chi connectivity index (χ4v) is 3.19. The fraction of sp³-hybridized carbons (Fsp3) is 0.438. The second kappa shape index (κ2) is 5.70. The fourth-order valence-electron chi connectivity index (χ4n) is 3.01. The molecule has 4 nitrogen and oxygen atoms in total. The van der Waals surface area contributed by atoms with Gasteiger partial charge in [0.05, 0.1) is 12.0 Å². The largest absolute Gasteiger partial charge is 0.388 e. The van der Waals surface area contributed by atoms with E-state index in [0.29, 0.717) is 18.0 Å². The highest BCUT2D eigenvalue weighted by Crippen LogP contribution is 2.28. The first-order valence-electron chi connectivity index (χ1n) is 7.30. The van der Waals surface area contributed by atoms with Gasteiger partial charge in [0.25, 0.3) is 0 Å². The van der Waals surface area contributed by atoms with Crippen molar-refractivity contribution in [3.8, 4) is 0 Å². The quantitative estimate of drug-likeness (QED) is 0.813. The Morgan fingerprint density at radius 1 is 1.38 bits per heavy atom. The maximum absolute atomic E-state index is 12.1. The van der Waals surface area contributed by atoms with E-state index in [9.17, 15) is 9.90 Å². The lowest BCUT2D eigenvalue weighted by molar-refractivity contribution is -0.121. The lowest BCUT2D eigenvalue weighted by atomic mass is 10.0. The van der Waals surface area contributed by atoms with E-state index in [1.54, 1.807) is 0 Å². The normalized spacial score (nSPS) is 17.2. The van der Waals surface area contributed by atoms with Crippen molar-refractivity contribution in [2.75, 3.05) is 6.54 Å². The standard InChI is InChI=1S/C16H19ClN2O2/c17-12-3-4-13-11(9-18-14(13)8-12)7-15(20)19-10-16(21)5-1-2-6-16/h3-4,8-9,18,21H,1-2,5-7,10H2,(H,19,20). The highest BCUT2D eigenvalue weighted by Gasteiger charge is 2.31. The summed E-state index contributed by atoms with van der Waals surface area (Å²) in [7, 11) is 0. The molecule has 1 fully saturated rings. The molecule has 1 aliphatic rings. The van der Waals surface area contributed by atoms with E-state index < -0.39 is 5.60 Å². The topological polar surface area (TPSA) is 65.1 Å². The number of fused-ring (bicyclic) bond motifs is 1. The number of hydrogen-bond acceptors (Lipinski definition) is 2. The minimum Gasteiger partial charge on any atom is -0.388 e. The molecule has 1 saturated carbocycles. The average Bonchev–Trinajstić information content (AvgIpc) is 3.04. The first-order valence-corrected chi connectivity index (χ1v) is 7.68. The second-order valence-electron chi connectivity index (χ2n) is 5.89. The van der Waals surface area contributed by atoms with Crippen LogP contribution in [0.25, 0.3) is 10.9 Å². The summed E-state index contributed by atoms with van der Waals surface area (Å²) in [6.45, 7) is 0.347. The van der Waals surface area contributed by atoms with Gasteiger partial charge in [-0.15, -0.1) is 0 Å².